The summed E-state index contributed by atoms with van der Waals surface area (Å²) < 4.78 is 0. The van der Waals surface area contributed by atoms with Crippen molar-refractivity contribution >= 4 is 0 Å². The van der Waals surface area contributed by atoms with Crippen LogP contribution in [0.5, 0.6) is 0 Å². The number of rotatable bonds is 5. The summed E-state index contributed by atoms with van der Waals surface area (Å²) in [4.78, 5) is 4.92. The van der Waals surface area contributed by atoms with E-state index in [2.05, 4.69) is 42.1 Å². The molecule has 0 saturated carbocycles. The number of hydrogen-bond donors (Lipinski definition) is 1. The van der Waals surface area contributed by atoms with Gasteiger partial charge in [-0.3, -0.25) is 4.90 Å². The Morgan fingerprint density at radius 1 is 1.35 bits per heavy atom. The molecule has 4 heteroatoms. The third-order valence-corrected chi connectivity index (χ3v) is 3.78. The number of nitrogens with one attached hydrogen (secondary N) is 1. The average Bonchev–Trinajstić information content (AvgIpc) is 2.31. The molecule has 0 bridgehead atoms. The maximum Gasteiger partial charge on any atom is 0.0965 e. The number of piperazine rings is 1. The van der Waals surface area contributed by atoms with E-state index in [1.165, 1.54) is 0 Å². The quantitative estimate of drug-likeness (QED) is 0.773. The first kappa shape index (κ1) is 14.4. The van der Waals surface area contributed by atoms with Gasteiger partial charge >= 0.3 is 0 Å². The van der Waals surface area contributed by atoms with Crippen molar-refractivity contribution in [2.75, 3.05) is 33.2 Å². The second kappa shape index (κ2) is 6.95. The SMILES string of the molecule is CCNC(C#N)CCN1CC(C)N(C)C(C)C1. The zero-order valence-electron chi connectivity index (χ0n) is 11.6. The molecule has 1 N–H and O–H groups in total. The Balaban J connectivity index is 2.35. The fraction of sp³-hybridized carbons (Fsp3) is 0.923. The van der Waals surface area contributed by atoms with Gasteiger partial charge in [-0.15, -0.1) is 0 Å². The topological polar surface area (TPSA) is 42.3 Å². The van der Waals surface area contributed by atoms with Gasteiger partial charge in [-0.25, -0.2) is 0 Å². The molecular formula is C13H26N4. The van der Waals surface area contributed by atoms with Crippen LogP contribution in [0.4, 0.5) is 0 Å². The average molecular weight is 238 g/mol. The maximum atomic E-state index is 8.99. The molecule has 0 radical (unpaired) electrons. The molecule has 0 aromatic heterocycles. The Morgan fingerprint density at radius 2 is 1.94 bits per heavy atom. The molecule has 4 nitrogen and oxygen atoms in total. The van der Waals surface area contributed by atoms with Crippen molar-refractivity contribution in [3.63, 3.8) is 0 Å². The van der Waals surface area contributed by atoms with E-state index in [-0.39, 0.29) is 6.04 Å². The predicted molar refractivity (Wildman–Crippen MR) is 70.8 cm³/mol. The summed E-state index contributed by atoms with van der Waals surface area (Å²) in [5.74, 6) is 0. The fourth-order valence-electron chi connectivity index (χ4n) is 2.47. The Morgan fingerprint density at radius 3 is 2.41 bits per heavy atom. The van der Waals surface area contributed by atoms with Gasteiger partial charge in [0, 0.05) is 31.7 Å². The van der Waals surface area contributed by atoms with Crippen molar-refractivity contribution < 1.29 is 0 Å². The molecule has 0 amide bonds. The van der Waals surface area contributed by atoms with E-state index in [0.29, 0.717) is 12.1 Å². The molecule has 0 spiro atoms. The van der Waals surface area contributed by atoms with Crippen molar-refractivity contribution in [3.05, 3.63) is 0 Å². The molecule has 1 rings (SSSR count). The maximum absolute atomic E-state index is 8.99. The molecule has 98 valence electrons. The first-order valence-electron chi connectivity index (χ1n) is 6.65. The van der Waals surface area contributed by atoms with Crippen LogP contribution in [0.3, 0.4) is 0 Å². The van der Waals surface area contributed by atoms with Crippen LogP contribution in [-0.4, -0.2) is 61.2 Å². The molecule has 0 aliphatic carbocycles. The second-order valence-electron chi connectivity index (χ2n) is 5.15. The molecule has 1 aliphatic heterocycles. The molecule has 17 heavy (non-hydrogen) atoms. The molecule has 1 aliphatic rings. The molecule has 1 saturated heterocycles. The minimum absolute atomic E-state index is 0.00488. The van der Waals surface area contributed by atoms with Crippen LogP contribution in [-0.2, 0) is 0 Å². The van der Waals surface area contributed by atoms with Gasteiger partial charge in [0.2, 0.25) is 0 Å². The van der Waals surface area contributed by atoms with Gasteiger partial charge in [0.1, 0.15) is 0 Å². The lowest BCUT2D eigenvalue weighted by Gasteiger charge is -2.42. The molecule has 0 aromatic carbocycles. The van der Waals surface area contributed by atoms with Gasteiger partial charge in [0.15, 0.2) is 0 Å². The van der Waals surface area contributed by atoms with E-state index >= 15 is 0 Å². The lowest BCUT2D eigenvalue weighted by Crippen LogP contribution is -2.55. The van der Waals surface area contributed by atoms with Gasteiger partial charge in [0.05, 0.1) is 12.1 Å². The van der Waals surface area contributed by atoms with Crippen molar-refractivity contribution in [2.45, 2.75) is 45.3 Å². The lowest BCUT2D eigenvalue weighted by molar-refractivity contribution is 0.0586. The third kappa shape index (κ3) is 4.27. The van der Waals surface area contributed by atoms with E-state index in [0.717, 1.165) is 32.6 Å². The first-order chi connectivity index (χ1) is 8.08. The normalized spacial score (nSPS) is 28.9. The monoisotopic (exact) mass is 238 g/mol. The summed E-state index contributed by atoms with van der Waals surface area (Å²) in [5, 5.41) is 12.2. The summed E-state index contributed by atoms with van der Waals surface area (Å²) in [7, 11) is 2.20. The van der Waals surface area contributed by atoms with Crippen LogP contribution in [0.2, 0.25) is 0 Å². The highest BCUT2D eigenvalue weighted by Gasteiger charge is 2.26. The lowest BCUT2D eigenvalue weighted by atomic mass is 10.1. The highest BCUT2D eigenvalue weighted by Crippen LogP contribution is 2.13. The van der Waals surface area contributed by atoms with Gasteiger partial charge < -0.3 is 10.2 Å². The van der Waals surface area contributed by atoms with E-state index in [4.69, 9.17) is 5.26 Å². The van der Waals surface area contributed by atoms with Crippen molar-refractivity contribution in [1.82, 2.24) is 15.1 Å². The van der Waals surface area contributed by atoms with Crippen LogP contribution < -0.4 is 5.32 Å². The van der Waals surface area contributed by atoms with Gasteiger partial charge in [-0.1, -0.05) is 6.92 Å². The smallest absolute Gasteiger partial charge is 0.0965 e. The molecular weight excluding hydrogens is 212 g/mol. The summed E-state index contributed by atoms with van der Waals surface area (Å²) in [5.41, 5.74) is 0. The standard InChI is InChI=1S/C13H26N4/c1-5-15-13(8-14)6-7-17-9-11(2)16(4)12(3)10-17/h11-13,15H,5-7,9-10H2,1-4H3. The Hall–Kier alpha value is -0.630. The predicted octanol–water partition coefficient (Wildman–Crippen LogP) is 0.903. The van der Waals surface area contributed by atoms with Crippen molar-refractivity contribution in [1.29, 1.82) is 5.26 Å². The Bertz CT molecular complexity index is 249. The van der Waals surface area contributed by atoms with Crippen LogP contribution in [0.1, 0.15) is 27.2 Å². The van der Waals surface area contributed by atoms with Gasteiger partial charge in [-0.2, -0.15) is 5.26 Å². The van der Waals surface area contributed by atoms with Crippen LogP contribution in [0, 0.1) is 11.3 Å². The van der Waals surface area contributed by atoms with Gasteiger partial charge in [0.25, 0.3) is 0 Å². The molecule has 0 aromatic rings. The fourth-order valence-corrected chi connectivity index (χ4v) is 2.47. The molecule has 3 atom stereocenters. The summed E-state index contributed by atoms with van der Waals surface area (Å²) in [6.07, 6.45) is 0.924. The van der Waals surface area contributed by atoms with Crippen LogP contribution in [0.15, 0.2) is 0 Å². The Kier molecular flexibility index (Phi) is 5.90. The second-order valence-corrected chi connectivity index (χ2v) is 5.15. The minimum atomic E-state index is 0.00488. The van der Waals surface area contributed by atoms with Crippen molar-refractivity contribution in [3.8, 4) is 6.07 Å². The van der Waals surface area contributed by atoms with Crippen LogP contribution >= 0.6 is 0 Å². The third-order valence-electron chi connectivity index (χ3n) is 3.78. The Labute approximate surface area is 106 Å². The van der Waals surface area contributed by atoms with Gasteiger partial charge in [-0.05, 0) is 33.9 Å². The number of nitriles is 1. The largest absolute Gasteiger partial charge is 0.302 e. The number of likely N-dealkylation sites (N-methyl/N-ethyl adjacent to an activating group) is 1. The summed E-state index contributed by atoms with van der Waals surface area (Å²) in [6.45, 7) is 10.7. The van der Waals surface area contributed by atoms with E-state index in [9.17, 15) is 0 Å². The number of nitrogens with zero attached hydrogens (tertiary/aromatic N) is 3. The minimum Gasteiger partial charge on any atom is -0.302 e. The molecule has 1 fully saturated rings. The molecule has 1 heterocycles. The van der Waals surface area contributed by atoms with E-state index in [1.807, 2.05) is 6.92 Å². The zero-order chi connectivity index (χ0) is 12.8. The van der Waals surface area contributed by atoms with E-state index in [1.54, 1.807) is 0 Å². The summed E-state index contributed by atoms with van der Waals surface area (Å²) >= 11 is 0. The van der Waals surface area contributed by atoms with E-state index < -0.39 is 0 Å². The first-order valence-corrected chi connectivity index (χ1v) is 6.65. The van der Waals surface area contributed by atoms with Crippen LogP contribution in [0.25, 0.3) is 0 Å². The highest BCUT2D eigenvalue weighted by molar-refractivity contribution is 4.91. The van der Waals surface area contributed by atoms with Crippen molar-refractivity contribution in [2.24, 2.45) is 0 Å². The highest BCUT2D eigenvalue weighted by atomic mass is 15.3. The summed E-state index contributed by atoms with van der Waals surface area (Å²) in [6, 6.07) is 3.55. The number of hydrogen-bond acceptors (Lipinski definition) is 4. The molecule has 3 unspecified atom stereocenters. The zero-order valence-corrected chi connectivity index (χ0v) is 11.6.